The molecule has 1 aliphatic carbocycles. The smallest absolute Gasteiger partial charge is 0.130 e. The van der Waals surface area contributed by atoms with E-state index in [4.69, 9.17) is 0 Å². The van der Waals surface area contributed by atoms with E-state index < -0.39 is 0 Å². The maximum absolute atomic E-state index is 11.4. The molecule has 0 aromatic carbocycles. The normalized spacial score (nSPS) is 22.3. The van der Waals surface area contributed by atoms with Gasteiger partial charge in [0.15, 0.2) is 0 Å². The molecular formula is C14H26O. The lowest BCUT2D eigenvalue weighted by molar-refractivity contribution is -0.120. The monoisotopic (exact) mass is 210 g/mol. The molecule has 0 N–H and O–H groups in total. The predicted octanol–water partition coefficient (Wildman–Crippen LogP) is 4.35. The third kappa shape index (κ3) is 3.62. The summed E-state index contributed by atoms with van der Waals surface area (Å²) in [7, 11) is 0. The van der Waals surface area contributed by atoms with Crippen molar-refractivity contribution in [3.63, 3.8) is 0 Å². The van der Waals surface area contributed by atoms with Crippen LogP contribution in [0.3, 0.4) is 0 Å². The molecule has 1 rings (SSSR count). The number of hydrogen-bond donors (Lipinski definition) is 0. The average molecular weight is 210 g/mol. The van der Waals surface area contributed by atoms with Crippen molar-refractivity contribution in [1.82, 2.24) is 0 Å². The van der Waals surface area contributed by atoms with Crippen LogP contribution >= 0.6 is 0 Å². The Labute approximate surface area is 94.6 Å². The second kappa shape index (κ2) is 5.67. The van der Waals surface area contributed by atoms with Gasteiger partial charge in [0.05, 0.1) is 0 Å². The Morgan fingerprint density at radius 3 is 2.33 bits per heavy atom. The minimum atomic E-state index is 0.293. The van der Waals surface area contributed by atoms with Crippen molar-refractivity contribution >= 4 is 5.78 Å². The van der Waals surface area contributed by atoms with E-state index in [1.54, 1.807) is 6.92 Å². The van der Waals surface area contributed by atoms with Crippen LogP contribution in [0.15, 0.2) is 0 Å². The van der Waals surface area contributed by atoms with Gasteiger partial charge in [0.25, 0.3) is 0 Å². The molecule has 1 unspecified atom stereocenters. The fourth-order valence-corrected chi connectivity index (χ4v) is 3.38. The van der Waals surface area contributed by atoms with E-state index in [1.807, 2.05) is 0 Å². The third-order valence-electron chi connectivity index (χ3n) is 4.06. The molecule has 0 radical (unpaired) electrons. The number of carbonyl (C=O) groups is 1. The Morgan fingerprint density at radius 1 is 1.27 bits per heavy atom. The van der Waals surface area contributed by atoms with Crippen LogP contribution in [0.1, 0.15) is 72.1 Å². The molecule has 0 amide bonds. The first-order valence-electron chi connectivity index (χ1n) is 6.58. The van der Waals surface area contributed by atoms with E-state index in [9.17, 15) is 4.79 Å². The van der Waals surface area contributed by atoms with Gasteiger partial charge < -0.3 is 4.79 Å². The Balaban J connectivity index is 2.64. The van der Waals surface area contributed by atoms with Crippen molar-refractivity contribution in [2.24, 2.45) is 11.3 Å². The Bertz CT molecular complexity index is 203. The average Bonchev–Trinajstić information content (AvgIpc) is 2.18. The van der Waals surface area contributed by atoms with Crippen molar-refractivity contribution in [3.05, 3.63) is 0 Å². The van der Waals surface area contributed by atoms with E-state index in [-0.39, 0.29) is 0 Å². The van der Waals surface area contributed by atoms with Crippen LogP contribution in [0.4, 0.5) is 0 Å². The summed E-state index contributed by atoms with van der Waals surface area (Å²) in [5.74, 6) is 1.17. The van der Waals surface area contributed by atoms with Gasteiger partial charge in [-0.15, -0.1) is 0 Å². The third-order valence-corrected chi connectivity index (χ3v) is 4.06. The van der Waals surface area contributed by atoms with Gasteiger partial charge in [-0.05, 0) is 37.5 Å². The molecule has 0 aliphatic heterocycles. The molecule has 0 aromatic rings. The van der Waals surface area contributed by atoms with Crippen molar-refractivity contribution in [1.29, 1.82) is 0 Å². The first kappa shape index (κ1) is 12.7. The Kier molecular flexibility index (Phi) is 4.82. The molecule has 0 spiro atoms. The van der Waals surface area contributed by atoms with E-state index in [0.29, 0.717) is 11.2 Å². The molecule has 0 bridgehead atoms. The Morgan fingerprint density at radius 2 is 1.87 bits per heavy atom. The van der Waals surface area contributed by atoms with E-state index in [1.165, 1.54) is 44.9 Å². The second-order valence-corrected chi connectivity index (χ2v) is 5.62. The van der Waals surface area contributed by atoms with Gasteiger partial charge in [-0.3, -0.25) is 0 Å². The lowest BCUT2D eigenvalue weighted by Crippen LogP contribution is -2.31. The zero-order valence-electron chi connectivity index (χ0n) is 10.6. The molecule has 1 heteroatoms. The summed E-state index contributed by atoms with van der Waals surface area (Å²) >= 11 is 0. The van der Waals surface area contributed by atoms with Gasteiger partial charge in [0.1, 0.15) is 5.78 Å². The zero-order valence-corrected chi connectivity index (χ0v) is 10.6. The SMILES string of the molecule is CCCC(C)(CC(C)=O)C1CCCCC1. The molecule has 88 valence electrons. The minimum Gasteiger partial charge on any atom is -0.300 e. The van der Waals surface area contributed by atoms with Crippen LogP contribution in [0, 0.1) is 11.3 Å². The summed E-state index contributed by atoms with van der Waals surface area (Å²) in [6.45, 7) is 6.33. The maximum atomic E-state index is 11.4. The Hall–Kier alpha value is -0.330. The summed E-state index contributed by atoms with van der Waals surface area (Å²) in [6.07, 6.45) is 10.1. The highest BCUT2D eigenvalue weighted by Gasteiger charge is 2.34. The van der Waals surface area contributed by atoms with Crippen LogP contribution in [0.5, 0.6) is 0 Å². The topological polar surface area (TPSA) is 17.1 Å². The molecule has 1 atom stereocenters. The van der Waals surface area contributed by atoms with Gasteiger partial charge in [-0.2, -0.15) is 0 Å². The fraction of sp³-hybridized carbons (Fsp3) is 0.929. The number of rotatable bonds is 5. The molecule has 1 nitrogen and oxygen atoms in total. The second-order valence-electron chi connectivity index (χ2n) is 5.62. The quantitative estimate of drug-likeness (QED) is 0.659. The maximum Gasteiger partial charge on any atom is 0.130 e. The summed E-state index contributed by atoms with van der Waals surface area (Å²) in [4.78, 5) is 11.4. The van der Waals surface area contributed by atoms with Crippen LogP contribution in [-0.2, 0) is 4.79 Å². The van der Waals surface area contributed by atoms with Gasteiger partial charge >= 0.3 is 0 Å². The van der Waals surface area contributed by atoms with Gasteiger partial charge in [0, 0.05) is 6.42 Å². The molecule has 0 aromatic heterocycles. The number of hydrogen-bond acceptors (Lipinski definition) is 1. The van der Waals surface area contributed by atoms with Gasteiger partial charge in [0.2, 0.25) is 0 Å². The van der Waals surface area contributed by atoms with Crippen LogP contribution in [0.2, 0.25) is 0 Å². The fourth-order valence-electron chi connectivity index (χ4n) is 3.38. The highest BCUT2D eigenvalue weighted by molar-refractivity contribution is 5.76. The first-order chi connectivity index (χ1) is 7.08. The number of Topliss-reactive ketones (excluding diaryl/α,β-unsaturated/α-hetero) is 1. The van der Waals surface area contributed by atoms with Crippen molar-refractivity contribution < 1.29 is 4.79 Å². The first-order valence-corrected chi connectivity index (χ1v) is 6.58. The molecule has 15 heavy (non-hydrogen) atoms. The van der Waals surface area contributed by atoms with Crippen LogP contribution in [-0.4, -0.2) is 5.78 Å². The van der Waals surface area contributed by atoms with Gasteiger partial charge in [-0.25, -0.2) is 0 Å². The molecule has 1 aliphatic rings. The molecule has 1 saturated carbocycles. The van der Waals surface area contributed by atoms with E-state index >= 15 is 0 Å². The molecule has 1 fully saturated rings. The van der Waals surface area contributed by atoms with Crippen molar-refractivity contribution in [3.8, 4) is 0 Å². The highest BCUT2D eigenvalue weighted by atomic mass is 16.1. The summed E-state index contributed by atoms with van der Waals surface area (Å²) in [6, 6.07) is 0. The van der Waals surface area contributed by atoms with Gasteiger partial charge in [-0.1, -0.05) is 39.5 Å². The molecule has 0 saturated heterocycles. The summed E-state index contributed by atoms with van der Waals surface area (Å²) in [5.41, 5.74) is 0.293. The lowest BCUT2D eigenvalue weighted by Gasteiger charge is -2.39. The van der Waals surface area contributed by atoms with Crippen molar-refractivity contribution in [2.45, 2.75) is 72.1 Å². The highest BCUT2D eigenvalue weighted by Crippen LogP contribution is 2.44. The van der Waals surface area contributed by atoms with Crippen LogP contribution in [0.25, 0.3) is 0 Å². The van der Waals surface area contributed by atoms with E-state index in [2.05, 4.69) is 13.8 Å². The summed E-state index contributed by atoms with van der Waals surface area (Å²) in [5, 5.41) is 0. The largest absolute Gasteiger partial charge is 0.300 e. The summed E-state index contributed by atoms with van der Waals surface area (Å²) < 4.78 is 0. The van der Waals surface area contributed by atoms with Crippen LogP contribution < -0.4 is 0 Å². The number of carbonyl (C=O) groups excluding carboxylic acids is 1. The lowest BCUT2D eigenvalue weighted by atomic mass is 9.65. The minimum absolute atomic E-state index is 0.293. The van der Waals surface area contributed by atoms with E-state index in [0.717, 1.165) is 12.3 Å². The number of ketones is 1. The standard InChI is InChI=1S/C14H26O/c1-4-10-14(3,11-12(2)15)13-8-6-5-7-9-13/h13H,4-11H2,1-3H3. The molecule has 0 heterocycles. The molecular weight excluding hydrogens is 184 g/mol. The predicted molar refractivity (Wildman–Crippen MR) is 64.9 cm³/mol. The van der Waals surface area contributed by atoms with Crippen molar-refractivity contribution in [2.75, 3.05) is 0 Å². The zero-order chi connectivity index (χ0) is 11.3.